The van der Waals surface area contributed by atoms with Crippen molar-refractivity contribution in [2.45, 2.75) is 39.3 Å². The third-order valence-electron chi connectivity index (χ3n) is 2.91. The van der Waals surface area contributed by atoms with Crippen molar-refractivity contribution in [1.29, 1.82) is 0 Å². The Labute approximate surface area is 118 Å². The van der Waals surface area contributed by atoms with E-state index in [-0.39, 0.29) is 17.8 Å². The number of furan rings is 1. The lowest BCUT2D eigenvalue weighted by Gasteiger charge is -2.21. The minimum atomic E-state index is -1.12. The molecule has 0 spiro atoms. The highest BCUT2D eigenvalue weighted by Crippen LogP contribution is 2.18. The molecule has 2 N–H and O–H groups in total. The molecule has 0 aromatic carbocycles. The number of ether oxygens (including phenoxy) is 1. The molecule has 20 heavy (non-hydrogen) atoms. The summed E-state index contributed by atoms with van der Waals surface area (Å²) in [5.41, 5.74) is 0. The molecule has 0 fully saturated rings. The lowest BCUT2D eigenvalue weighted by atomic mass is 10.0. The molecular formula is C14H21NO5. The molecule has 0 radical (unpaired) electrons. The first-order chi connectivity index (χ1) is 9.35. The van der Waals surface area contributed by atoms with Gasteiger partial charge in [-0.1, -0.05) is 13.8 Å². The number of hydrogen-bond acceptors (Lipinski definition) is 5. The molecule has 6 nitrogen and oxygen atoms in total. The summed E-state index contributed by atoms with van der Waals surface area (Å²) in [6.45, 7) is 5.83. The van der Waals surface area contributed by atoms with E-state index in [1.165, 1.54) is 13.2 Å². The van der Waals surface area contributed by atoms with E-state index < -0.39 is 12.0 Å². The van der Waals surface area contributed by atoms with Crippen molar-refractivity contribution in [3.05, 3.63) is 23.7 Å². The molecule has 2 unspecified atom stereocenters. The largest absolute Gasteiger partial charge is 0.475 e. The zero-order valence-electron chi connectivity index (χ0n) is 12.2. The van der Waals surface area contributed by atoms with Crippen LogP contribution in [0, 0.1) is 5.92 Å². The second-order valence-corrected chi connectivity index (χ2v) is 5.10. The predicted molar refractivity (Wildman–Crippen MR) is 72.5 cm³/mol. The van der Waals surface area contributed by atoms with E-state index in [4.69, 9.17) is 14.3 Å². The van der Waals surface area contributed by atoms with Gasteiger partial charge in [0.05, 0.1) is 13.2 Å². The van der Waals surface area contributed by atoms with Gasteiger partial charge in [-0.25, -0.2) is 4.79 Å². The van der Waals surface area contributed by atoms with Crippen LogP contribution in [0.2, 0.25) is 0 Å². The Morgan fingerprint density at radius 1 is 1.35 bits per heavy atom. The van der Waals surface area contributed by atoms with Crippen molar-refractivity contribution in [2.75, 3.05) is 7.11 Å². The summed E-state index contributed by atoms with van der Waals surface area (Å²) in [7, 11) is 1.34. The molecule has 0 bridgehead atoms. The van der Waals surface area contributed by atoms with E-state index in [1.807, 2.05) is 13.8 Å². The SMILES string of the molecule is COC(=O)C(CC(C)C)NC(C)c1ccc(C(=O)O)o1. The van der Waals surface area contributed by atoms with Crippen LogP contribution in [0.4, 0.5) is 0 Å². The summed E-state index contributed by atoms with van der Waals surface area (Å²) in [6, 6.07) is 2.25. The number of rotatable bonds is 7. The Balaban J connectivity index is 2.75. The maximum absolute atomic E-state index is 11.7. The van der Waals surface area contributed by atoms with Crippen molar-refractivity contribution in [2.24, 2.45) is 5.92 Å². The normalized spacial score (nSPS) is 14.1. The van der Waals surface area contributed by atoms with Gasteiger partial charge in [0, 0.05) is 0 Å². The molecule has 0 saturated heterocycles. The number of carboxylic acid groups (broad SMARTS) is 1. The van der Waals surface area contributed by atoms with E-state index in [0.717, 1.165) is 0 Å². The van der Waals surface area contributed by atoms with Crippen molar-refractivity contribution in [1.82, 2.24) is 5.32 Å². The standard InChI is InChI=1S/C14H21NO5/c1-8(2)7-10(14(18)19-4)15-9(3)11-5-6-12(20-11)13(16)17/h5-6,8-10,15H,7H2,1-4H3,(H,16,17). The van der Waals surface area contributed by atoms with Gasteiger partial charge in [-0.3, -0.25) is 10.1 Å². The summed E-state index contributed by atoms with van der Waals surface area (Å²) < 4.78 is 9.98. The van der Waals surface area contributed by atoms with Crippen LogP contribution in [0.5, 0.6) is 0 Å². The highest BCUT2D eigenvalue weighted by Gasteiger charge is 2.24. The summed E-state index contributed by atoms with van der Waals surface area (Å²) in [5, 5.41) is 11.9. The first-order valence-corrected chi connectivity index (χ1v) is 6.52. The summed E-state index contributed by atoms with van der Waals surface area (Å²) in [6.07, 6.45) is 0.628. The van der Waals surface area contributed by atoms with Crippen LogP contribution in [0.1, 0.15) is 49.5 Å². The molecule has 6 heteroatoms. The molecule has 1 aromatic rings. The molecule has 0 aliphatic carbocycles. The maximum Gasteiger partial charge on any atom is 0.371 e. The molecule has 0 amide bonds. The molecule has 112 valence electrons. The Bertz CT molecular complexity index is 466. The Morgan fingerprint density at radius 2 is 2.00 bits per heavy atom. The van der Waals surface area contributed by atoms with Gasteiger partial charge in [-0.05, 0) is 31.4 Å². The van der Waals surface area contributed by atoms with E-state index in [2.05, 4.69) is 5.32 Å². The summed E-state index contributed by atoms with van der Waals surface area (Å²) >= 11 is 0. The van der Waals surface area contributed by atoms with Gasteiger partial charge in [0.15, 0.2) is 0 Å². The number of esters is 1. The van der Waals surface area contributed by atoms with E-state index in [1.54, 1.807) is 13.0 Å². The third kappa shape index (κ3) is 4.38. The van der Waals surface area contributed by atoms with Crippen LogP contribution in [-0.2, 0) is 9.53 Å². The number of methoxy groups -OCH3 is 1. The zero-order valence-corrected chi connectivity index (χ0v) is 12.2. The van der Waals surface area contributed by atoms with Crippen molar-refractivity contribution >= 4 is 11.9 Å². The van der Waals surface area contributed by atoms with Crippen LogP contribution in [0.15, 0.2) is 16.5 Å². The van der Waals surface area contributed by atoms with Crippen LogP contribution in [0.25, 0.3) is 0 Å². The molecule has 2 atom stereocenters. The molecule has 1 heterocycles. The first kappa shape index (κ1) is 16.2. The highest BCUT2D eigenvalue weighted by atomic mass is 16.5. The van der Waals surface area contributed by atoms with Gasteiger partial charge in [-0.2, -0.15) is 0 Å². The van der Waals surface area contributed by atoms with Gasteiger partial charge in [0.2, 0.25) is 5.76 Å². The van der Waals surface area contributed by atoms with Crippen LogP contribution in [0.3, 0.4) is 0 Å². The average molecular weight is 283 g/mol. The van der Waals surface area contributed by atoms with Gasteiger partial charge in [0.25, 0.3) is 0 Å². The average Bonchev–Trinajstić information content (AvgIpc) is 2.86. The number of hydrogen-bond donors (Lipinski definition) is 2. The lowest BCUT2D eigenvalue weighted by molar-refractivity contribution is -0.143. The van der Waals surface area contributed by atoms with Gasteiger partial charge in [0.1, 0.15) is 11.8 Å². The number of carbonyl (C=O) groups excluding carboxylic acids is 1. The minimum Gasteiger partial charge on any atom is -0.475 e. The van der Waals surface area contributed by atoms with Gasteiger partial charge >= 0.3 is 11.9 Å². The smallest absolute Gasteiger partial charge is 0.371 e. The zero-order chi connectivity index (χ0) is 15.3. The number of aromatic carboxylic acids is 1. The first-order valence-electron chi connectivity index (χ1n) is 6.52. The molecule has 0 aliphatic rings. The Hall–Kier alpha value is -1.82. The quantitative estimate of drug-likeness (QED) is 0.746. The predicted octanol–water partition coefficient (Wildman–Crippen LogP) is 2.22. The fourth-order valence-corrected chi connectivity index (χ4v) is 1.93. The minimum absolute atomic E-state index is 0.118. The van der Waals surface area contributed by atoms with Crippen molar-refractivity contribution in [3.8, 4) is 0 Å². The van der Waals surface area contributed by atoms with Crippen molar-refractivity contribution in [3.63, 3.8) is 0 Å². The van der Waals surface area contributed by atoms with E-state index >= 15 is 0 Å². The third-order valence-corrected chi connectivity index (χ3v) is 2.91. The molecule has 0 aliphatic heterocycles. The number of carbonyl (C=O) groups is 2. The Morgan fingerprint density at radius 3 is 2.45 bits per heavy atom. The fraction of sp³-hybridized carbons (Fsp3) is 0.571. The second kappa shape index (κ2) is 7.09. The molecule has 0 saturated carbocycles. The van der Waals surface area contributed by atoms with Crippen LogP contribution >= 0.6 is 0 Å². The van der Waals surface area contributed by atoms with Gasteiger partial charge < -0.3 is 14.3 Å². The molecule has 1 aromatic heterocycles. The van der Waals surface area contributed by atoms with Crippen LogP contribution in [-0.4, -0.2) is 30.2 Å². The molecule has 1 rings (SSSR count). The van der Waals surface area contributed by atoms with Crippen LogP contribution < -0.4 is 5.32 Å². The maximum atomic E-state index is 11.7. The topological polar surface area (TPSA) is 88.8 Å². The van der Waals surface area contributed by atoms with Gasteiger partial charge in [-0.15, -0.1) is 0 Å². The Kier molecular flexibility index (Phi) is 5.76. The lowest BCUT2D eigenvalue weighted by Crippen LogP contribution is -2.40. The van der Waals surface area contributed by atoms with Crippen molar-refractivity contribution < 1.29 is 23.8 Å². The number of carboxylic acids is 1. The highest BCUT2D eigenvalue weighted by molar-refractivity contribution is 5.84. The molecular weight excluding hydrogens is 262 g/mol. The van der Waals surface area contributed by atoms with E-state index in [0.29, 0.717) is 18.1 Å². The number of nitrogens with one attached hydrogen (secondary N) is 1. The summed E-state index contributed by atoms with van der Waals surface area (Å²) in [4.78, 5) is 22.5. The monoisotopic (exact) mass is 283 g/mol. The fourth-order valence-electron chi connectivity index (χ4n) is 1.93. The van der Waals surface area contributed by atoms with E-state index in [9.17, 15) is 9.59 Å². The second-order valence-electron chi connectivity index (χ2n) is 5.10. The summed E-state index contributed by atoms with van der Waals surface area (Å²) in [5.74, 6) is -0.775.